The van der Waals surface area contributed by atoms with Gasteiger partial charge in [-0.1, -0.05) is 11.6 Å². The Morgan fingerprint density at radius 2 is 1.82 bits per heavy atom. The summed E-state index contributed by atoms with van der Waals surface area (Å²) < 4.78 is 5.11. The molecule has 122 valence electrons. The molecule has 0 radical (unpaired) electrons. The number of piperazine rings is 1. The molecule has 6 nitrogen and oxygen atoms in total. The van der Waals surface area contributed by atoms with E-state index in [1.165, 1.54) is 26.2 Å². The van der Waals surface area contributed by atoms with Crippen molar-refractivity contribution < 1.29 is 4.74 Å². The van der Waals surface area contributed by atoms with Crippen LogP contribution >= 0.6 is 11.6 Å². The first-order valence-electron chi connectivity index (χ1n) is 7.91. The van der Waals surface area contributed by atoms with Crippen LogP contribution in [0.3, 0.4) is 0 Å². The second kappa shape index (κ2) is 6.98. The molecule has 0 amide bonds. The molecule has 0 atom stereocenters. The molecule has 7 heteroatoms. The average Bonchev–Trinajstić information content (AvgIpc) is 2.56. The molecule has 3 heterocycles. The minimum atomic E-state index is 0.376. The summed E-state index contributed by atoms with van der Waals surface area (Å²) in [6.07, 6.45) is 3.94. The van der Waals surface area contributed by atoms with Crippen LogP contribution in [0.2, 0.25) is 5.02 Å². The van der Waals surface area contributed by atoms with E-state index in [4.69, 9.17) is 16.3 Å². The van der Waals surface area contributed by atoms with Crippen molar-refractivity contribution in [3.63, 3.8) is 0 Å². The molecule has 0 unspecified atom stereocenters. The summed E-state index contributed by atoms with van der Waals surface area (Å²) in [5.74, 6) is 0.797. The third kappa shape index (κ3) is 3.45. The smallest absolute Gasteiger partial charge is 0.318 e. The molecular weight excluding hydrogens is 302 g/mol. The zero-order valence-electron chi connectivity index (χ0n) is 13.3. The van der Waals surface area contributed by atoms with E-state index in [2.05, 4.69) is 31.7 Å². The van der Waals surface area contributed by atoms with E-state index >= 15 is 0 Å². The number of methoxy groups -OCH3 is 1. The lowest BCUT2D eigenvalue weighted by molar-refractivity contribution is 0.0981. The Morgan fingerprint density at radius 1 is 1.14 bits per heavy atom. The Bertz CT molecular complexity index is 499. The predicted molar refractivity (Wildman–Crippen MR) is 87.9 cm³/mol. The summed E-state index contributed by atoms with van der Waals surface area (Å²) in [5, 5.41) is 0.596. The number of anilines is 1. The van der Waals surface area contributed by atoms with Gasteiger partial charge in [-0.25, -0.2) is 4.98 Å². The highest BCUT2D eigenvalue weighted by Gasteiger charge is 2.28. The minimum absolute atomic E-state index is 0.376. The van der Waals surface area contributed by atoms with Gasteiger partial charge in [-0.15, -0.1) is 0 Å². The molecule has 0 N–H and O–H groups in total. The molecule has 3 rings (SSSR count). The van der Waals surface area contributed by atoms with Gasteiger partial charge in [-0.05, 0) is 19.9 Å². The maximum absolute atomic E-state index is 6.25. The van der Waals surface area contributed by atoms with Crippen LogP contribution in [0, 0.1) is 0 Å². The SMILES string of the molecule is COc1ncc(Cl)c(N2CCC(N3CCN(C)CC3)CC2)n1. The number of hydrogen-bond acceptors (Lipinski definition) is 6. The van der Waals surface area contributed by atoms with Gasteiger partial charge in [0.2, 0.25) is 0 Å². The monoisotopic (exact) mass is 325 g/mol. The van der Waals surface area contributed by atoms with E-state index < -0.39 is 0 Å². The number of halogens is 1. The summed E-state index contributed by atoms with van der Waals surface area (Å²) in [4.78, 5) is 15.7. The largest absolute Gasteiger partial charge is 0.467 e. The number of hydrogen-bond donors (Lipinski definition) is 0. The molecular formula is C15H24ClN5O. The van der Waals surface area contributed by atoms with Gasteiger partial charge in [0.05, 0.1) is 13.3 Å². The van der Waals surface area contributed by atoms with E-state index in [0.29, 0.717) is 17.1 Å². The second-order valence-electron chi connectivity index (χ2n) is 6.09. The second-order valence-corrected chi connectivity index (χ2v) is 6.49. The van der Waals surface area contributed by atoms with E-state index in [1.807, 2.05) is 0 Å². The molecule has 2 aliphatic rings. The molecule has 0 saturated carbocycles. The maximum atomic E-state index is 6.25. The average molecular weight is 326 g/mol. The lowest BCUT2D eigenvalue weighted by Gasteiger charge is -2.42. The molecule has 0 bridgehead atoms. The molecule has 2 saturated heterocycles. The normalized spacial score (nSPS) is 22.0. The Hall–Kier alpha value is -1.11. The Morgan fingerprint density at radius 3 is 2.45 bits per heavy atom. The lowest BCUT2D eigenvalue weighted by atomic mass is 10.0. The third-order valence-corrected chi connectivity index (χ3v) is 4.97. The van der Waals surface area contributed by atoms with Crippen LogP contribution in [-0.4, -0.2) is 79.2 Å². The van der Waals surface area contributed by atoms with Crippen molar-refractivity contribution in [1.29, 1.82) is 0 Å². The van der Waals surface area contributed by atoms with Gasteiger partial charge < -0.3 is 14.5 Å². The number of ether oxygens (including phenoxy) is 1. The summed E-state index contributed by atoms with van der Waals surface area (Å²) in [5.41, 5.74) is 0. The first-order chi connectivity index (χ1) is 10.7. The lowest BCUT2D eigenvalue weighted by Crippen LogP contribution is -2.52. The van der Waals surface area contributed by atoms with E-state index in [9.17, 15) is 0 Å². The highest BCUT2D eigenvalue weighted by atomic mass is 35.5. The van der Waals surface area contributed by atoms with Gasteiger partial charge >= 0.3 is 6.01 Å². The van der Waals surface area contributed by atoms with Crippen molar-refractivity contribution in [3.8, 4) is 6.01 Å². The molecule has 0 spiro atoms. The van der Waals surface area contributed by atoms with Crippen LogP contribution in [0.25, 0.3) is 0 Å². The summed E-state index contributed by atoms with van der Waals surface area (Å²) >= 11 is 6.25. The van der Waals surface area contributed by atoms with Gasteiger partial charge in [-0.2, -0.15) is 4.98 Å². The first kappa shape index (κ1) is 15.8. The highest BCUT2D eigenvalue weighted by Crippen LogP contribution is 2.28. The number of likely N-dealkylation sites (N-methyl/N-ethyl adjacent to an activating group) is 1. The van der Waals surface area contributed by atoms with Gasteiger partial charge in [-0.3, -0.25) is 4.90 Å². The fourth-order valence-electron chi connectivity index (χ4n) is 3.29. The minimum Gasteiger partial charge on any atom is -0.467 e. The van der Waals surface area contributed by atoms with Crippen molar-refractivity contribution in [2.75, 3.05) is 58.3 Å². The van der Waals surface area contributed by atoms with Crippen LogP contribution in [0.1, 0.15) is 12.8 Å². The standard InChI is InChI=1S/C15H24ClN5O/c1-19-7-9-20(10-8-19)12-3-5-21(6-4-12)14-13(16)11-17-15(18-14)22-2/h11-12H,3-10H2,1-2H3. The van der Waals surface area contributed by atoms with Crippen molar-refractivity contribution in [2.45, 2.75) is 18.9 Å². The number of aromatic nitrogens is 2. The van der Waals surface area contributed by atoms with Crippen LogP contribution < -0.4 is 9.64 Å². The quantitative estimate of drug-likeness (QED) is 0.836. The van der Waals surface area contributed by atoms with Gasteiger partial charge in [0, 0.05) is 45.3 Å². The number of rotatable bonds is 3. The van der Waals surface area contributed by atoms with Crippen molar-refractivity contribution >= 4 is 17.4 Å². The summed E-state index contributed by atoms with van der Waals surface area (Å²) in [6, 6.07) is 1.06. The molecule has 1 aromatic heterocycles. The molecule has 2 fully saturated rings. The highest BCUT2D eigenvalue weighted by molar-refractivity contribution is 6.32. The van der Waals surface area contributed by atoms with Gasteiger partial charge in [0.1, 0.15) is 5.02 Å². The summed E-state index contributed by atoms with van der Waals surface area (Å²) in [7, 11) is 3.77. The first-order valence-corrected chi connectivity index (χ1v) is 8.29. The molecule has 0 aromatic carbocycles. The van der Waals surface area contributed by atoms with E-state index in [0.717, 1.165) is 31.7 Å². The zero-order valence-corrected chi connectivity index (χ0v) is 14.1. The fraction of sp³-hybridized carbons (Fsp3) is 0.733. The zero-order chi connectivity index (χ0) is 15.5. The molecule has 1 aromatic rings. The fourth-order valence-corrected chi connectivity index (χ4v) is 3.50. The Balaban J connectivity index is 1.60. The number of nitrogens with zero attached hydrogens (tertiary/aromatic N) is 5. The molecule has 0 aliphatic carbocycles. The topological polar surface area (TPSA) is 44.7 Å². The summed E-state index contributed by atoms with van der Waals surface area (Å²) in [6.45, 7) is 6.69. The maximum Gasteiger partial charge on any atom is 0.318 e. The Labute approximate surface area is 137 Å². The van der Waals surface area contributed by atoms with Crippen LogP contribution in [0.15, 0.2) is 6.20 Å². The van der Waals surface area contributed by atoms with Crippen LogP contribution in [0.4, 0.5) is 5.82 Å². The van der Waals surface area contributed by atoms with Crippen LogP contribution in [-0.2, 0) is 0 Å². The van der Waals surface area contributed by atoms with Crippen molar-refractivity contribution in [1.82, 2.24) is 19.8 Å². The van der Waals surface area contributed by atoms with E-state index in [-0.39, 0.29) is 0 Å². The molecule has 2 aliphatic heterocycles. The van der Waals surface area contributed by atoms with Crippen molar-refractivity contribution in [2.24, 2.45) is 0 Å². The van der Waals surface area contributed by atoms with Crippen LogP contribution in [0.5, 0.6) is 6.01 Å². The van der Waals surface area contributed by atoms with Gasteiger partial charge in [0.15, 0.2) is 5.82 Å². The van der Waals surface area contributed by atoms with Gasteiger partial charge in [0.25, 0.3) is 0 Å². The van der Waals surface area contributed by atoms with E-state index in [1.54, 1.807) is 13.3 Å². The molecule has 22 heavy (non-hydrogen) atoms. The Kier molecular flexibility index (Phi) is 5.00. The number of piperidine rings is 1. The van der Waals surface area contributed by atoms with Crippen molar-refractivity contribution in [3.05, 3.63) is 11.2 Å². The third-order valence-electron chi connectivity index (χ3n) is 4.70. The predicted octanol–water partition coefficient (Wildman–Crippen LogP) is 1.35.